The second-order valence-corrected chi connectivity index (χ2v) is 7.04. The molecule has 3 rings (SSSR count). The average Bonchev–Trinajstić information content (AvgIpc) is 2.91. The number of nitrogens with one attached hydrogen (secondary N) is 1. The van der Waals surface area contributed by atoms with Crippen LogP contribution >= 0.6 is 0 Å². The number of carbonyl (C=O) groups is 3. The predicted molar refractivity (Wildman–Crippen MR) is 102 cm³/mol. The Morgan fingerprint density at radius 2 is 1.75 bits per heavy atom. The van der Waals surface area contributed by atoms with Gasteiger partial charge >= 0.3 is 6.03 Å². The fraction of sp³-hybridized carbons (Fsp3) is 0.286. The first kappa shape index (κ1) is 19.5. The van der Waals surface area contributed by atoms with Crippen LogP contribution in [0, 0.1) is 5.82 Å². The van der Waals surface area contributed by atoms with Gasteiger partial charge in [0.1, 0.15) is 17.9 Å². The van der Waals surface area contributed by atoms with Crippen molar-refractivity contribution in [3.63, 3.8) is 0 Å². The van der Waals surface area contributed by atoms with E-state index in [1.54, 1.807) is 14.0 Å². The Bertz CT molecular complexity index is 901. The highest BCUT2D eigenvalue weighted by Gasteiger charge is 2.49. The van der Waals surface area contributed by atoms with E-state index >= 15 is 0 Å². The fourth-order valence-electron chi connectivity index (χ4n) is 3.24. The van der Waals surface area contributed by atoms with E-state index in [1.165, 1.54) is 29.2 Å². The molecule has 28 heavy (non-hydrogen) atoms. The van der Waals surface area contributed by atoms with Crippen molar-refractivity contribution < 1.29 is 18.8 Å². The number of amides is 4. The lowest BCUT2D eigenvalue weighted by Gasteiger charge is -2.27. The summed E-state index contributed by atoms with van der Waals surface area (Å²) in [6.07, 6.45) is 0. The molecule has 4 amide bonds. The van der Waals surface area contributed by atoms with Crippen molar-refractivity contribution in [2.45, 2.75) is 25.4 Å². The molecule has 0 saturated carbocycles. The molecule has 2 atom stereocenters. The molecule has 1 N–H and O–H groups in total. The van der Waals surface area contributed by atoms with Crippen LogP contribution in [0.2, 0.25) is 0 Å². The Kier molecular flexibility index (Phi) is 5.18. The van der Waals surface area contributed by atoms with Crippen LogP contribution in [0.25, 0.3) is 0 Å². The molecule has 0 spiro atoms. The zero-order valence-electron chi connectivity index (χ0n) is 16.0. The molecule has 1 saturated heterocycles. The number of benzene rings is 2. The van der Waals surface area contributed by atoms with Gasteiger partial charge in [-0.1, -0.05) is 42.5 Å². The topological polar surface area (TPSA) is 69.7 Å². The zero-order chi connectivity index (χ0) is 20.5. The van der Waals surface area contributed by atoms with E-state index in [1.807, 2.05) is 37.3 Å². The van der Waals surface area contributed by atoms with Gasteiger partial charge < -0.3 is 10.2 Å². The van der Waals surface area contributed by atoms with Crippen molar-refractivity contribution in [2.24, 2.45) is 0 Å². The molecule has 7 heteroatoms. The van der Waals surface area contributed by atoms with Gasteiger partial charge in [0.2, 0.25) is 5.91 Å². The first-order valence-electron chi connectivity index (χ1n) is 8.95. The maximum absolute atomic E-state index is 13.2. The highest BCUT2D eigenvalue weighted by molar-refractivity contribution is 6.09. The SMILES string of the molecule is CC(c1ccccc1)N(C)C(=O)CN1C(=O)NC(C)(c2ccc(F)cc2)C1=O. The van der Waals surface area contributed by atoms with Crippen molar-refractivity contribution in [2.75, 3.05) is 13.6 Å². The second-order valence-electron chi connectivity index (χ2n) is 7.04. The largest absolute Gasteiger partial charge is 0.337 e. The van der Waals surface area contributed by atoms with Gasteiger partial charge in [-0.2, -0.15) is 0 Å². The van der Waals surface area contributed by atoms with Crippen LogP contribution in [0.3, 0.4) is 0 Å². The van der Waals surface area contributed by atoms with E-state index in [0.717, 1.165) is 10.5 Å². The Morgan fingerprint density at radius 1 is 1.14 bits per heavy atom. The van der Waals surface area contributed by atoms with Crippen LogP contribution in [0.4, 0.5) is 9.18 Å². The maximum Gasteiger partial charge on any atom is 0.325 e. The first-order chi connectivity index (χ1) is 13.2. The van der Waals surface area contributed by atoms with Gasteiger partial charge in [-0.05, 0) is 37.1 Å². The van der Waals surface area contributed by atoms with E-state index in [0.29, 0.717) is 5.56 Å². The van der Waals surface area contributed by atoms with E-state index < -0.39 is 23.3 Å². The minimum atomic E-state index is -1.34. The summed E-state index contributed by atoms with van der Waals surface area (Å²) >= 11 is 0. The van der Waals surface area contributed by atoms with Gasteiger partial charge in [-0.25, -0.2) is 9.18 Å². The summed E-state index contributed by atoms with van der Waals surface area (Å²) in [7, 11) is 1.64. The molecular formula is C21H22FN3O3. The Balaban J connectivity index is 1.75. The monoisotopic (exact) mass is 383 g/mol. The number of imide groups is 1. The molecule has 1 fully saturated rings. The summed E-state index contributed by atoms with van der Waals surface area (Å²) in [6, 6.07) is 14.0. The number of nitrogens with zero attached hydrogens (tertiary/aromatic N) is 2. The van der Waals surface area contributed by atoms with Gasteiger partial charge in [0.05, 0.1) is 6.04 Å². The van der Waals surface area contributed by atoms with Crippen LogP contribution < -0.4 is 5.32 Å². The lowest BCUT2D eigenvalue weighted by molar-refractivity contribution is -0.139. The molecule has 0 radical (unpaired) electrons. The summed E-state index contributed by atoms with van der Waals surface area (Å²) in [5, 5.41) is 2.62. The molecule has 2 unspecified atom stereocenters. The molecule has 2 aromatic carbocycles. The fourth-order valence-corrected chi connectivity index (χ4v) is 3.24. The summed E-state index contributed by atoms with van der Waals surface area (Å²) in [4.78, 5) is 40.4. The van der Waals surface area contributed by atoms with E-state index in [9.17, 15) is 18.8 Å². The number of urea groups is 1. The Hall–Kier alpha value is -3.22. The quantitative estimate of drug-likeness (QED) is 0.808. The number of halogens is 1. The minimum Gasteiger partial charge on any atom is -0.337 e. The van der Waals surface area contributed by atoms with Crippen molar-refractivity contribution in [3.05, 3.63) is 71.5 Å². The minimum absolute atomic E-state index is 0.210. The molecule has 2 aromatic rings. The van der Waals surface area contributed by atoms with Crippen LogP contribution in [0.1, 0.15) is 31.0 Å². The predicted octanol–water partition coefficient (Wildman–Crippen LogP) is 2.81. The molecule has 6 nitrogen and oxygen atoms in total. The first-order valence-corrected chi connectivity index (χ1v) is 8.95. The summed E-state index contributed by atoms with van der Waals surface area (Å²) in [6.45, 7) is 3.05. The Morgan fingerprint density at radius 3 is 2.36 bits per heavy atom. The second kappa shape index (κ2) is 7.42. The van der Waals surface area contributed by atoms with Gasteiger partial charge in [0, 0.05) is 7.05 Å². The summed E-state index contributed by atoms with van der Waals surface area (Å²) in [5.74, 6) is -1.34. The lowest BCUT2D eigenvalue weighted by atomic mass is 9.92. The highest BCUT2D eigenvalue weighted by Crippen LogP contribution is 2.29. The van der Waals surface area contributed by atoms with Gasteiger partial charge in [0.15, 0.2) is 0 Å². The standard InChI is InChI=1S/C21H22FN3O3/c1-14(15-7-5-4-6-8-15)24(3)18(26)13-25-19(27)21(2,23-20(25)28)16-9-11-17(22)12-10-16/h4-12,14H,13H2,1-3H3,(H,23,28). The molecule has 1 aliphatic heterocycles. The lowest BCUT2D eigenvalue weighted by Crippen LogP contribution is -2.44. The van der Waals surface area contributed by atoms with Crippen LogP contribution in [-0.2, 0) is 15.1 Å². The van der Waals surface area contributed by atoms with E-state index in [4.69, 9.17) is 0 Å². The van der Waals surface area contributed by atoms with Gasteiger partial charge in [-0.3, -0.25) is 14.5 Å². The molecule has 0 aromatic heterocycles. The molecule has 1 heterocycles. The van der Waals surface area contributed by atoms with Crippen molar-refractivity contribution >= 4 is 17.8 Å². The Labute approximate surface area is 162 Å². The van der Waals surface area contributed by atoms with Crippen LogP contribution in [-0.4, -0.2) is 41.2 Å². The summed E-state index contributed by atoms with van der Waals surface area (Å²) < 4.78 is 13.2. The van der Waals surface area contributed by atoms with Crippen molar-refractivity contribution in [1.82, 2.24) is 15.1 Å². The molecule has 0 bridgehead atoms. The normalized spacial score (nSPS) is 20.1. The van der Waals surface area contributed by atoms with Crippen molar-refractivity contribution in [3.8, 4) is 0 Å². The van der Waals surface area contributed by atoms with Crippen LogP contribution in [0.15, 0.2) is 54.6 Å². The smallest absolute Gasteiger partial charge is 0.325 e. The van der Waals surface area contributed by atoms with Gasteiger partial charge in [0.25, 0.3) is 5.91 Å². The number of hydrogen-bond acceptors (Lipinski definition) is 3. The van der Waals surface area contributed by atoms with Crippen molar-refractivity contribution in [1.29, 1.82) is 0 Å². The van der Waals surface area contributed by atoms with Gasteiger partial charge in [-0.15, -0.1) is 0 Å². The van der Waals surface area contributed by atoms with E-state index in [2.05, 4.69) is 5.32 Å². The third-order valence-corrected chi connectivity index (χ3v) is 5.25. The average molecular weight is 383 g/mol. The van der Waals surface area contributed by atoms with E-state index in [-0.39, 0.29) is 18.5 Å². The number of hydrogen-bond donors (Lipinski definition) is 1. The molecule has 0 aliphatic carbocycles. The molecule has 1 aliphatic rings. The number of carbonyl (C=O) groups excluding carboxylic acids is 3. The third kappa shape index (κ3) is 3.47. The highest BCUT2D eigenvalue weighted by atomic mass is 19.1. The number of likely N-dealkylation sites (N-methyl/N-ethyl adjacent to an activating group) is 1. The third-order valence-electron chi connectivity index (χ3n) is 5.25. The summed E-state index contributed by atoms with van der Waals surface area (Å²) in [5.41, 5.74) is 0.0641. The van der Waals surface area contributed by atoms with Crippen LogP contribution in [0.5, 0.6) is 0 Å². The zero-order valence-corrected chi connectivity index (χ0v) is 16.0. The molecule has 146 valence electrons. The number of rotatable bonds is 5. The molecular weight excluding hydrogens is 361 g/mol. The maximum atomic E-state index is 13.2.